The van der Waals surface area contributed by atoms with Gasteiger partial charge in [0.25, 0.3) is 5.91 Å². The maximum absolute atomic E-state index is 12.6. The molecule has 1 amide bonds. The van der Waals surface area contributed by atoms with Gasteiger partial charge in [0.1, 0.15) is 5.75 Å². The van der Waals surface area contributed by atoms with E-state index in [1.165, 1.54) is 0 Å². The van der Waals surface area contributed by atoms with Crippen LogP contribution in [0.2, 0.25) is 0 Å². The number of carbonyl (C=O) groups excluding carboxylic acids is 1. The number of carbonyl (C=O) groups is 1. The van der Waals surface area contributed by atoms with Gasteiger partial charge in [-0.2, -0.15) is 0 Å². The molecule has 0 spiro atoms. The van der Waals surface area contributed by atoms with Crippen LogP contribution in [-0.2, 0) is 4.74 Å². The van der Waals surface area contributed by atoms with Crippen LogP contribution in [0.5, 0.6) is 5.75 Å². The molecule has 4 nitrogen and oxygen atoms in total. The summed E-state index contributed by atoms with van der Waals surface area (Å²) in [4.78, 5) is 12.6. The summed E-state index contributed by atoms with van der Waals surface area (Å²) < 4.78 is 11.2. The lowest BCUT2D eigenvalue weighted by atomic mass is 10.1. The summed E-state index contributed by atoms with van der Waals surface area (Å²) >= 11 is 0. The van der Waals surface area contributed by atoms with Crippen molar-refractivity contribution in [3.05, 3.63) is 77.9 Å². The summed E-state index contributed by atoms with van der Waals surface area (Å²) in [5, 5.41) is 5.02. The van der Waals surface area contributed by atoms with Crippen LogP contribution in [0.1, 0.15) is 35.4 Å². The summed E-state index contributed by atoms with van der Waals surface area (Å²) in [5.74, 6) is 0.453. The second-order valence-corrected chi connectivity index (χ2v) is 6.43. The van der Waals surface area contributed by atoms with Crippen molar-refractivity contribution in [2.75, 3.05) is 20.3 Å². The third kappa shape index (κ3) is 4.86. The Hall–Kier alpha value is -2.85. The van der Waals surface area contributed by atoms with E-state index in [4.69, 9.17) is 9.47 Å². The second kappa shape index (κ2) is 9.19. The Balaban J connectivity index is 1.51. The summed E-state index contributed by atoms with van der Waals surface area (Å²) in [6, 6.07) is 21.8. The molecule has 1 N–H and O–H groups in total. The smallest absolute Gasteiger partial charge is 0.255 e. The highest BCUT2D eigenvalue weighted by atomic mass is 16.5. The minimum atomic E-state index is -0.131. The number of amides is 1. The van der Waals surface area contributed by atoms with E-state index >= 15 is 0 Å². The van der Waals surface area contributed by atoms with Gasteiger partial charge < -0.3 is 14.8 Å². The van der Waals surface area contributed by atoms with Crippen molar-refractivity contribution in [2.24, 2.45) is 0 Å². The van der Waals surface area contributed by atoms with Gasteiger partial charge in [0.2, 0.25) is 0 Å². The third-order valence-electron chi connectivity index (χ3n) is 4.56. The summed E-state index contributed by atoms with van der Waals surface area (Å²) in [5.41, 5.74) is 1.71. The Kier molecular flexibility index (Phi) is 6.44. The molecule has 0 aliphatic rings. The number of methoxy groups -OCH3 is 1. The Morgan fingerprint density at radius 2 is 1.67 bits per heavy atom. The number of benzene rings is 3. The largest absolute Gasteiger partial charge is 0.496 e. The van der Waals surface area contributed by atoms with E-state index in [-0.39, 0.29) is 12.0 Å². The van der Waals surface area contributed by atoms with Gasteiger partial charge in [0.05, 0.1) is 18.8 Å². The molecular weight excluding hydrogens is 338 g/mol. The molecule has 3 rings (SSSR count). The van der Waals surface area contributed by atoms with Crippen LogP contribution in [0, 0.1) is 0 Å². The van der Waals surface area contributed by atoms with Crippen LogP contribution < -0.4 is 10.1 Å². The molecule has 3 aromatic rings. The summed E-state index contributed by atoms with van der Waals surface area (Å²) in [6.07, 6.45) is 0.793. The monoisotopic (exact) mass is 363 g/mol. The molecule has 0 aliphatic heterocycles. The maximum Gasteiger partial charge on any atom is 0.255 e. The minimum absolute atomic E-state index is 0.0440. The van der Waals surface area contributed by atoms with Gasteiger partial charge in [-0.15, -0.1) is 0 Å². The Bertz CT molecular complexity index is 893. The van der Waals surface area contributed by atoms with E-state index in [0.717, 1.165) is 22.8 Å². The zero-order valence-electron chi connectivity index (χ0n) is 15.8. The normalized spacial score (nSPS) is 11.9. The fourth-order valence-electron chi connectivity index (χ4n) is 3.02. The number of ether oxygens (including phenoxy) is 2. The van der Waals surface area contributed by atoms with E-state index < -0.39 is 0 Å². The number of fused-ring (bicyclic) bond motifs is 1. The molecule has 1 atom stereocenters. The number of rotatable bonds is 8. The van der Waals surface area contributed by atoms with Crippen molar-refractivity contribution in [1.82, 2.24) is 5.32 Å². The second-order valence-electron chi connectivity index (χ2n) is 6.43. The lowest BCUT2D eigenvalue weighted by Gasteiger charge is -2.14. The predicted octanol–water partition coefficient (Wildman–Crippen LogP) is 4.75. The van der Waals surface area contributed by atoms with Crippen molar-refractivity contribution in [1.29, 1.82) is 0 Å². The maximum atomic E-state index is 12.6. The number of hydrogen-bond donors (Lipinski definition) is 1. The van der Waals surface area contributed by atoms with Crippen molar-refractivity contribution in [3.63, 3.8) is 0 Å². The van der Waals surface area contributed by atoms with Crippen LogP contribution >= 0.6 is 0 Å². The van der Waals surface area contributed by atoms with E-state index in [0.29, 0.717) is 24.5 Å². The summed E-state index contributed by atoms with van der Waals surface area (Å²) in [7, 11) is 1.58. The van der Waals surface area contributed by atoms with E-state index in [2.05, 4.69) is 17.4 Å². The minimum Gasteiger partial charge on any atom is -0.496 e. The quantitative estimate of drug-likeness (QED) is 0.588. The predicted molar refractivity (Wildman–Crippen MR) is 108 cm³/mol. The van der Waals surface area contributed by atoms with Crippen molar-refractivity contribution in [2.45, 2.75) is 19.4 Å². The van der Waals surface area contributed by atoms with E-state index in [1.54, 1.807) is 7.11 Å². The Labute approximate surface area is 160 Å². The molecule has 0 aromatic heterocycles. The molecular formula is C23H25NO3. The lowest BCUT2D eigenvalue weighted by Crippen LogP contribution is -2.25. The van der Waals surface area contributed by atoms with Crippen LogP contribution in [0.15, 0.2) is 66.7 Å². The van der Waals surface area contributed by atoms with Gasteiger partial charge in [-0.05, 0) is 41.8 Å². The molecule has 4 heteroatoms. The molecule has 0 saturated heterocycles. The molecule has 0 radical (unpaired) electrons. The molecule has 140 valence electrons. The fraction of sp³-hybridized carbons (Fsp3) is 0.261. The number of hydrogen-bond acceptors (Lipinski definition) is 3. The zero-order valence-corrected chi connectivity index (χ0v) is 15.8. The van der Waals surface area contributed by atoms with E-state index in [9.17, 15) is 4.79 Å². The van der Waals surface area contributed by atoms with Crippen molar-refractivity contribution >= 4 is 16.7 Å². The fourth-order valence-corrected chi connectivity index (χ4v) is 3.02. The molecule has 0 fully saturated rings. The van der Waals surface area contributed by atoms with Gasteiger partial charge in [-0.3, -0.25) is 4.79 Å². The third-order valence-corrected chi connectivity index (χ3v) is 4.56. The highest BCUT2D eigenvalue weighted by Gasteiger charge is 2.13. The summed E-state index contributed by atoms with van der Waals surface area (Å²) in [6.45, 7) is 3.18. The SMILES string of the molecule is COc1cc2ccccc2cc1C(=O)NCCCOC(C)c1ccccc1. The first-order chi connectivity index (χ1) is 13.2. The van der Waals surface area contributed by atoms with Crippen LogP contribution in [0.3, 0.4) is 0 Å². The average molecular weight is 363 g/mol. The molecule has 0 saturated carbocycles. The first-order valence-electron chi connectivity index (χ1n) is 9.20. The van der Waals surface area contributed by atoms with Crippen LogP contribution in [0.25, 0.3) is 10.8 Å². The lowest BCUT2D eigenvalue weighted by molar-refractivity contribution is 0.0635. The average Bonchev–Trinajstić information content (AvgIpc) is 2.72. The molecule has 27 heavy (non-hydrogen) atoms. The Morgan fingerprint density at radius 1 is 1.00 bits per heavy atom. The van der Waals surface area contributed by atoms with E-state index in [1.807, 2.05) is 61.5 Å². The first kappa shape index (κ1) is 18.9. The zero-order chi connectivity index (χ0) is 19.1. The van der Waals surface area contributed by atoms with Gasteiger partial charge in [0, 0.05) is 13.2 Å². The van der Waals surface area contributed by atoms with Crippen LogP contribution in [0.4, 0.5) is 0 Å². The van der Waals surface area contributed by atoms with Crippen molar-refractivity contribution in [3.8, 4) is 5.75 Å². The van der Waals surface area contributed by atoms with Gasteiger partial charge in [-0.25, -0.2) is 0 Å². The molecule has 0 heterocycles. The first-order valence-corrected chi connectivity index (χ1v) is 9.20. The van der Waals surface area contributed by atoms with Crippen molar-refractivity contribution < 1.29 is 14.3 Å². The number of nitrogens with one attached hydrogen (secondary N) is 1. The molecule has 3 aromatic carbocycles. The standard InChI is InChI=1S/C23H25NO3/c1-17(18-9-4-3-5-10-18)27-14-8-13-24-23(25)21-15-19-11-6-7-12-20(19)16-22(21)26-2/h3-7,9-12,15-17H,8,13-14H2,1-2H3,(H,24,25). The Morgan fingerprint density at radius 3 is 2.37 bits per heavy atom. The van der Waals surface area contributed by atoms with Gasteiger partial charge >= 0.3 is 0 Å². The molecule has 1 unspecified atom stereocenters. The highest BCUT2D eigenvalue weighted by molar-refractivity contribution is 6.01. The highest BCUT2D eigenvalue weighted by Crippen LogP contribution is 2.25. The van der Waals surface area contributed by atoms with Gasteiger partial charge in [-0.1, -0.05) is 54.6 Å². The molecule has 0 aliphatic carbocycles. The molecule has 0 bridgehead atoms. The topological polar surface area (TPSA) is 47.6 Å². The van der Waals surface area contributed by atoms with Gasteiger partial charge in [0.15, 0.2) is 0 Å². The van der Waals surface area contributed by atoms with Crippen LogP contribution in [-0.4, -0.2) is 26.2 Å².